The maximum Gasteiger partial charge on any atom is 0.222 e. The van der Waals surface area contributed by atoms with Gasteiger partial charge in [-0.2, -0.15) is 0 Å². The highest BCUT2D eigenvalue weighted by Gasteiger charge is 2.20. The number of carbonyl (C=O) groups excluding carboxylic acids is 1. The number of nitrogens with two attached hydrogens (primary N) is 1. The first kappa shape index (κ1) is 15.4. The van der Waals surface area contributed by atoms with E-state index in [2.05, 4.69) is 13.8 Å². The van der Waals surface area contributed by atoms with Gasteiger partial charge in [-0.1, -0.05) is 13.8 Å². The summed E-state index contributed by atoms with van der Waals surface area (Å²) in [4.78, 5) is 13.5. The highest BCUT2D eigenvalue weighted by molar-refractivity contribution is 5.75. The molecule has 0 unspecified atom stereocenters. The molecular weight excluding hydrogens is 204 g/mol. The Hall–Kier alpha value is -0.610. The van der Waals surface area contributed by atoms with E-state index in [9.17, 15) is 4.79 Å². The van der Waals surface area contributed by atoms with Crippen molar-refractivity contribution < 1.29 is 9.53 Å². The Morgan fingerprint density at radius 3 is 2.56 bits per heavy atom. The third-order valence-corrected chi connectivity index (χ3v) is 2.53. The molecule has 0 radical (unpaired) electrons. The standard InChI is InChI=1S/C12H26N2O2/c1-5-16-8-6-7-11(15)14(4)10-12(2,3)9-13/h5-10,13H2,1-4H3. The van der Waals surface area contributed by atoms with Gasteiger partial charge < -0.3 is 15.4 Å². The van der Waals surface area contributed by atoms with Crippen LogP contribution < -0.4 is 5.73 Å². The number of carbonyl (C=O) groups is 1. The summed E-state index contributed by atoms with van der Waals surface area (Å²) in [6.07, 6.45) is 1.34. The predicted molar refractivity (Wildman–Crippen MR) is 66.2 cm³/mol. The van der Waals surface area contributed by atoms with E-state index in [0.717, 1.165) is 6.42 Å². The van der Waals surface area contributed by atoms with Crippen LogP contribution in [0, 0.1) is 5.41 Å². The maximum atomic E-state index is 11.7. The quantitative estimate of drug-likeness (QED) is 0.638. The molecule has 4 nitrogen and oxygen atoms in total. The lowest BCUT2D eigenvalue weighted by molar-refractivity contribution is -0.131. The van der Waals surface area contributed by atoms with Crippen LogP contribution in [0.1, 0.15) is 33.6 Å². The molecule has 0 aliphatic rings. The molecule has 0 fully saturated rings. The Kier molecular flexibility index (Phi) is 7.34. The molecule has 1 amide bonds. The predicted octanol–water partition coefficient (Wildman–Crippen LogP) is 1.25. The number of rotatable bonds is 8. The Balaban J connectivity index is 3.82. The molecule has 2 N–H and O–H groups in total. The average Bonchev–Trinajstić information content (AvgIpc) is 2.23. The third-order valence-electron chi connectivity index (χ3n) is 2.53. The Labute approximate surface area is 99.1 Å². The molecule has 0 bridgehead atoms. The monoisotopic (exact) mass is 230 g/mol. The van der Waals surface area contributed by atoms with Crippen LogP contribution >= 0.6 is 0 Å². The molecule has 0 saturated heterocycles. The second-order valence-corrected chi connectivity index (χ2v) is 4.92. The number of amides is 1. The van der Waals surface area contributed by atoms with E-state index in [4.69, 9.17) is 10.5 Å². The molecule has 0 saturated carbocycles. The van der Waals surface area contributed by atoms with Gasteiger partial charge in [0.05, 0.1) is 0 Å². The van der Waals surface area contributed by atoms with Crippen molar-refractivity contribution in [3.05, 3.63) is 0 Å². The first-order chi connectivity index (χ1) is 7.43. The van der Waals surface area contributed by atoms with E-state index in [1.54, 1.807) is 4.90 Å². The van der Waals surface area contributed by atoms with Crippen LogP contribution in [0.5, 0.6) is 0 Å². The second-order valence-electron chi connectivity index (χ2n) is 4.92. The fourth-order valence-corrected chi connectivity index (χ4v) is 1.46. The summed E-state index contributed by atoms with van der Waals surface area (Å²) >= 11 is 0. The Bertz CT molecular complexity index is 205. The minimum atomic E-state index is -0.00959. The third kappa shape index (κ3) is 6.80. The zero-order valence-electron chi connectivity index (χ0n) is 11.1. The van der Waals surface area contributed by atoms with Gasteiger partial charge in [-0.3, -0.25) is 4.79 Å². The summed E-state index contributed by atoms with van der Waals surface area (Å²) in [6.45, 7) is 8.76. The van der Waals surface area contributed by atoms with Crippen molar-refractivity contribution in [2.75, 3.05) is 33.4 Å². The molecule has 0 aromatic carbocycles. The summed E-state index contributed by atoms with van der Waals surface area (Å²) in [6, 6.07) is 0. The molecule has 0 aliphatic heterocycles. The van der Waals surface area contributed by atoms with Gasteiger partial charge in [0.1, 0.15) is 0 Å². The van der Waals surface area contributed by atoms with E-state index in [1.165, 1.54) is 0 Å². The summed E-state index contributed by atoms with van der Waals surface area (Å²) in [5.74, 6) is 0.168. The largest absolute Gasteiger partial charge is 0.382 e. The van der Waals surface area contributed by atoms with Gasteiger partial charge in [-0.05, 0) is 25.3 Å². The molecule has 0 spiro atoms. The molecule has 0 aliphatic carbocycles. The van der Waals surface area contributed by atoms with E-state index in [0.29, 0.717) is 32.7 Å². The first-order valence-corrected chi connectivity index (χ1v) is 5.94. The molecule has 0 aromatic rings. The summed E-state index contributed by atoms with van der Waals surface area (Å²) in [5, 5.41) is 0. The van der Waals surface area contributed by atoms with Gasteiger partial charge in [-0.25, -0.2) is 0 Å². The topological polar surface area (TPSA) is 55.6 Å². The van der Waals surface area contributed by atoms with Gasteiger partial charge in [0, 0.05) is 33.2 Å². The van der Waals surface area contributed by atoms with Crippen LogP contribution in [-0.2, 0) is 9.53 Å². The molecule has 0 heterocycles. The van der Waals surface area contributed by atoms with Gasteiger partial charge in [0.2, 0.25) is 5.91 Å². The molecular formula is C12H26N2O2. The number of hydrogen-bond acceptors (Lipinski definition) is 3. The Morgan fingerprint density at radius 2 is 2.06 bits per heavy atom. The van der Waals surface area contributed by atoms with Crippen LogP contribution in [0.4, 0.5) is 0 Å². The number of ether oxygens (including phenoxy) is 1. The molecule has 4 heteroatoms. The summed E-state index contributed by atoms with van der Waals surface area (Å²) in [7, 11) is 1.83. The van der Waals surface area contributed by atoms with Gasteiger partial charge in [0.25, 0.3) is 0 Å². The second kappa shape index (κ2) is 7.63. The lowest BCUT2D eigenvalue weighted by atomic mass is 9.93. The van der Waals surface area contributed by atoms with Gasteiger partial charge in [-0.15, -0.1) is 0 Å². The normalized spacial score (nSPS) is 11.6. The van der Waals surface area contributed by atoms with Crippen LogP contribution in [0.3, 0.4) is 0 Å². The van der Waals surface area contributed by atoms with E-state index in [-0.39, 0.29) is 11.3 Å². The highest BCUT2D eigenvalue weighted by atomic mass is 16.5. The van der Waals surface area contributed by atoms with Crippen molar-refractivity contribution in [2.45, 2.75) is 33.6 Å². The van der Waals surface area contributed by atoms with E-state index in [1.807, 2.05) is 14.0 Å². The lowest BCUT2D eigenvalue weighted by Gasteiger charge is -2.29. The molecule has 0 atom stereocenters. The summed E-state index contributed by atoms with van der Waals surface area (Å²) < 4.78 is 5.19. The zero-order valence-corrected chi connectivity index (χ0v) is 11.1. The van der Waals surface area contributed by atoms with E-state index < -0.39 is 0 Å². The Morgan fingerprint density at radius 1 is 1.44 bits per heavy atom. The SMILES string of the molecule is CCOCCCC(=O)N(C)CC(C)(C)CN. The zero-order chi connectivity index (χ0) is 12.6. The van der Waals surface area contributed by atoms with Crippen molar-refractivity contribution in [2.24, 2.45) is 11.1 Å². The average molecular weight is 230 g/mol. The van der Waals surface area contributed by atoms with Crippen molar-refractivity contribution in [3.63, 3.8) is 0 Å². The van der Waals surface area contributed by atoms with Crippen molar-refractivity contribution in [1.29, 1.82) is 0 Å². The molecule has 0 rings (SSSR count). The summed E-state index contributed by atoms with van der Waals surface area (Å²) in [5.41, 5.74) is 5.63. The van der Waals surface area contributed by atoms with Gasteiger partial charge >= 0.3 is 0 Å². The fourth-order valence-electron chi connectivity index (χ4n) is 1.46. The fraction of sp³-hybridized carbons (Fsp3) is 0.917. The minimum Gasteiger partial charge on any atom is -0.382 e. The molecule has 96 valence electrons. The van der Waals surface area contributed by atoms with Crippen LogP contribution in [0.15, 0.2) is 0 Å². The van der Waals surface area contributed by atoms with Crippen molar-refractivity contribution in [3.8, 4) is 0 Å². The highest BCUT2D eigenvalue weighted by Crippen LogP contribution is 2.14. The number of nitrogens with zero attached hydrogens (tertiary/aromatic N) is 1. The lowest BCUT2D eigenvalue weighted by Crippen LogP contribution is -2.39. The van der Waals surface area contributed by atoms with Crippen LogP contribution in [0.2, 0.25) is 0 Å². The molecule has 0 aromatic heterocycles. The van der Waals surface area contributed by atoms with Crippen molar-refractivity contribution in [1.82, 2.24) is 4.90 Å². The number of hydrogen-bond donors (Lipinski definition) is 1. The smallest absolute Gasteiger partial charge is 0.222 e. The minimum absolute atomic E-state index is 0.00959. The van der Waals surface area contributed by atoms with Crippen molar-refractivity contribution >= 4 is 5.91 Å². The van der Waals surface area contributed by atoms with Crippen LogP contribution in [-0.4, -0.2) is 44.2 Å². The maximum absolute atomic E-state index is 11.7. The van der Waals surface area contributed by atoms with Gasteiger partial charge in [0.15, 0.2) is 0 Å². The first-order valence-electron chi connectivity index (χ1n) is 5.94. The molecule has 16 heavy (non-hydrogen) atoms. The van der Waals surface area contributed by atoms with E-state index >= 15 is 0 Å². The van der Waals surface area contributed by atoms with Crippen LogP contribution in [0.25, 0.3) is 0 Å².